The van der Waals surface area contributed by atoms with Gasteiger partial charge in [0.25, 0.3) is 0 Å². The van der Waals surface area contributed by atoms with E-state index in [1.807, 2.05) is 25.1 Å². The summed E-state index contributed by atoms with van der Waals surface area (Å²) in [6, 6.07) is 5.83. The second kappa shape index (κ2) is 4.67. The minimum Gasteiger partial charge on any atom is -0.494 e. The highest BCUT2D eigenvalue weighted by molar-refractivity contribution is 5.39. The number of aliphatic hydroxyl groups is 1. The highest BCUT2D eigenvalue weighted by Gasteiger charge is 2.15. The van der Waals surface area contributed by atoms with E-state index in [9.17, 15) is 0 Å². The van der Waals surface area contributed by atoms with E-state index in [2.05, 4.69) is 20.8 Å². The molecule has 0 atom stereocenters. The molecule has 0 aliphatic carbocycles. The Morgan fingerprint density at radius 2 is 1.93 bits per heavy atom. The molecule has 0 bridgehead atoms. The highest BCUT2D eigenvalue weighted by Crippen LogP contribution is 2.27. The van der Waals surface area contributed by atoms with Gasteiger partial charge < -0.3 is 9.84 Å². The third-order valence-corrected chi connectivity index (χ3v) is 2.25. The van der Waals surface area contributed by atoms with Crippen LogP contribution in [0.1, 0.15) is 38.8 Å². The number of aliphatic hydroxyl groups excluding tert-OH is 1. The van der Waals surface area contributed by atoms with Crippen LogP contribution in [0.5, 0.6) is 5.75 Å². The van der Waals surface area contributed by atoms with E-state index in [0.29, 0.717) is 6.61 Å². The summed E-state index contributed by atoms with van der Waals surface area (Å²) in [5.74, 6) is 0.810. The zero-order valence-electron chi connectivity index (χ0n) is 9.87. The van der Waals surface area contributed by atoms with Gasteiger partial charge in [-0.3, -0.25) is 0 Å². The van der Waals surface area contributed by atoms with Crippen LogP contribution in [0.3, 0.4) is 0 Å². The highest BCUT2D eigenvalue weighted by atomic mass is 16.5. The Balaban J connectivity index is 3.11. The first kappa shape index (κ1) is 12.1. The first-order valence-electron chi connectivity index (χ1n) is 5.23. The predicted octanol–water partition coefficient (Wildman–Crippen LogP) is 3.27. The molecule has 1 rings (SSSR count). The number of benzene rings is 1. The van der Waals surface area contributed by atoms with Crippen LogP contribution in [-0.2, 0) is 5.41 Å². The van der Waals surface area contributed by atoms with E-state index >= 15 is 0 Å². The average Bonchev–Trinajstić information content (AvgIpc) is 2.16. The SMILES string of the molecule is CCOc1cc([CH]O)cc(C(C)(C)C)c1. The molecule has 1 radical (unpaired) electrons. The van der Waals surface area contributed by atoms with Gasteiger partial charge in [-0.05, 0) is 35.6 Å². The summed E-state index contributed by atoms with van der Waals surface area (Å²) in [4.78, 5) is 0. The fraction of sp³-hybridized carbons (Fsp3) is 0.462. The fourth-order valence-corrected chi connectivity index (χ4v) is 1.38. The first-order chi connectivity index (χ1) is 6.97. The van der Waals surface area contributed by atoms with Crippen LogP contribution in [0.15, 0.2) is 18.2 Å². The molecular formula is C13H19O2. The van der Waals surface area contributed by atoms with Crippen LogP contribution in [0.25, 0.3) is 0 Å². The lowest BCUT2D eigenvalue weighted by Crippen LogP contribution is -2.11. The summed E-state index contributed by atoms with van der Waals surface area (Å²) in [7, 11) is 0. The van der Waals surface area contributed by atoms with Crippen molar-refractivity contribution in [2.45, 2.75) is 33.1 Å². The van der Waals surface area contributed by atoms with Crippen LogP contribution in [0, 0.1) is 6.61 Å². The average molecular weight is 207 g/mol. The Labute approximate surface area is 91.9 Å². The lowest BCUT2D eigenvalue weighted by Gasteiger charge is -2.20. The van der Waals surface area contributed by atoms with Crippen LogP contribution in [0.2, 0.25) is 0 Å². The van der Waals surface area contributed by atoms with Gasteiger partial charge in [0, 0.05) is 0 Å². The number of rotatable bonds is 3. The van der Waals surface area contributed by atoms with E-state index in [-0.39, 0.29) is 5.41 Å². The van der Waals surface area contributed by atoms with Gasteiger partial charge in [-0.2, -0.15) is 0 Å². The van der Waals surface area contributed by atoms with Gasteiger partial charge in [0.05, 0.1) is 6.61 Å². The molecule has 0 heterocycles. The first-order valence-corrected chi connectivity index (χ1v) is 5.23. The van der Waals surface area contributed by atoms with Crippen LogP contribution >= 0.6 is 0 Å². The van der Waals surface area contributed by atoms with E-state index < -0.39 is 0 Å². The third-order valence-electron chi connectivity index (χ3n) is 2.25. The lowest BCUT2D eigenvalue weighted by atomic mass is 9.86. The van der Waals surface area contributed by atoms with Crippen LogP contribution in [0.4, 0.5) is 0 Å². The molecule has 15 heavy (non-hydrogen) atoms. The molecule has 0 saturated heterocycles. The maximum absolute atomic E-state index is 9.04. The minimum absolute atomic E-state index is 0.0604. The molecule has 2 nitrogen and oxygen atoms in total. The van der Waals surface area contributed by atoms with Gasteiger partial charge in [-0.15, -0.1) is 0 Å². The Kier molecular flexibility index (Phi) is 3.75. The maximum atomic E-state index is 9.04. The van der Waals surface area contributed by atoms with Crippen molar-refractivity contribution >= 4 is 0 Å². The molecule has 0 saturated carbocycles. The van der Waals surface area contributed by atoms with E-state index in [4.69, 9.17) is 9.84 Å². The number of hydrogen-bond donors (Lipinski definition) is 1. The van der Waals surface area contributed by atoms with Crippen LogP contribution < -0.4 is 4.74 Å². The lowest BCUT2D eigenvalue weighted by molar-refractivity contribution is 0.338. The Morgan fingerprint density at radius 3 is 2.40 bits per heavy atom. The van der Waals surface area contributed by atoms with Crippen molar-refractivity contribution in [2.75, 3.05) is 6.61 Å². The summed E-state index contributed by atoms with van der Waals surface area (Å²) in [5, 5.41) is 9.04. The Hall–Kier alpha value is -1.02. The molecule has 1 aromatic carbocycles. The summed E-state index contributed by atoms with van der Waals surface area (Å²) in [5.41, 5.74) is 2.00. The van der Waals surface area contributed by atoms with Gasteiger partial charge in [0.1, 0.15) is 12.4 Å². The van der Waals surface area contributed by atoms with Crippen molar-refractivity contribution in [2.24, 2.45) is 0 Å². The molecule has 1 N–H and O–H groups in total. The molecular weight excluding hydrogens is 188 g/mol. The second-order valence-corrected chi connectivity index (χ2v) is 4.60. The quantitative estimate of drug-likeness (QED) is 0.824. The molecule has 0 fully saturated rings. The van der Waals surface area contributed by atoms with Crippen LogP contribution in [-0.4, -0.2) is 11.7 Å². The van der Waals surface area contributed by atoms with Gasteiger partial charge in [-0.25, -0.2) is 0 Å². The van der Waals surface area contributed by atoms with Crippen molar-refractivity contribution in [3.8, 4) is 5.75 Å². The molecule has 0 spiro atoms. The largest absolute Gasteiger partial charge is 0.494 e. The Bertz CT molecular complexity index is 324. The molecule has 2 heteroatoms. The van der Waals surface area contributed by atoms with Crippen molar-refractivity contribution in [3.05, 3.63) is 35.9 Å². The maximum Gasteiger partial charge on any atom is 0.119 e. The number of ether oxygens (including phenoxy) is 1. The summed E-state index contributed by atoms with van der Waals surface area (Å²) in [6.07, 6.45) is 0. The Morgan fingerprint density at radius 1 is 1.27 bits per heavy atom. The van der Waals surface area contributed by atoms with E-state index in [1.165, 1.54) is 0 Å². The third kappa shape index (κ3) is 3.24. The second-order valence-electron chi connectivity index (χ2n) is 4.60. The molecule has 1 aromatic rings. The standard InChI is InChI=1S/C13H19O2/c1-5-15-12-7-10(9-14)6-11(8-12)13(2,3)4/h6-9,14H,5H2,1-4H3. The monoisotopic (exact) mass is 207 g/mol. The van der Waals surface area contributed by atoms with Crippen molar-refractivity contribution in [1.82, 2.24) is 0 Å². The molecule has 0 amide bonds. The zero-order chi connectivity index (χ0) is 11.5. The van der Waals surface area contributed by atoms with Crippen molar-refractivity contribution in [1.29, 1.82) is 0 Å². The number of hydrogen-bond acceptors (Lipinski definition) is 2. The summed E-state index contributed by atoms with van der Waals surface area (Å²) >= 11 is 0. The predicted molar refractivity (Wildman–Crippen MR) is 61.6 cm³/mol. The smallest absolute Gasteiger partial charge is 0.119 e. The fourth-order valence-electron chi connectivity index (χ4n) is 1.38. The minimum atomic E-state index is 0.0604. The molecule has 0 aromatic heterocycles. The van der Waals surface area contributed by atoms with Crippen molar-refractivity contribution < 1.29 is 9.84 Å². The summed E-state index contributed by atoms with van der Waals surface area (Å²) in [6.45, 7) is 10.1. The molecule has 83 valence electrons. The van der Waals surface area contributed by atoms with Crippen molar-refractivity contribution in [3.63, 3.8) is 0 Å². The van der Waals surface area contributed by atoms with Gasteiger partial charge in [0.15, 0.2) is 0 Å². The van der Waals surface area contributed by atoms with Gasteiger partial charge in [-0.1, -0.05) is 26.8 Å². The molecule has 0 unspecified atom stereocenters. The van der Waals surface area contributed by atoms with E-state index in [1.54, 1.807) is 0 Å². The topological polar surface area (TPSA) is 29.5 Å². The van der Waals surface area contributed by atoms with Gasteiger partial charge in [0.2, 0.25) is 0 Å². The van der Waals surface area contributed by atoms with Gasteiger partial charge >= 0.3 is 0 Å². The summed E-state index contributed by atoms with van der Waals surface area (Å²) < 4.78 is 5.45. The zero-order valence-corrected chi connectivity index (χ0v) is 9.87. The molecule has 0 aliphatic heterocycles. The normalized spacial score (nSPS) is 11.5. The van der Waals surface area contributed by atoms with E-state index in [0.717, 1.165) is 23.5 Å². The molecule has 0 aliphatic rings.